The van der Waals surface area contributed by atoms with E-state index in [0.717, 1.165) is 4.90 Å². The first kappa shape index (κ1) is 28.1. The summed E-state index contributed by atoms with van der Waals surface area (Å²) in [6.45, 7) is 1.22. The molecule has 1 aliphatic heterocycles. The molecule has 39 heavy (non-hydrogen) atoms. The fraction of sp³-hybridized carbons (Fsp3) is 0.172. The second-order valence-electron chi connectivity index (χ2n) is 8.70. The molecule has 2 aliphatic carbocycles. The van der Waals surface area contributed by atoms with E-state index in [-0.39, 0.29) is 11.8 Å². The van der Waals surface area contributed by atoms with Crippen LogP contribution in [0, 0.1) is 0 Å². The number of fused-ring (bicyclic) bond motifs is 1. The quantitative estimate of drug-likeness (QED) is 0.0517. The minimum atomic E-state index is -1.54. The third-order valence-electron chi connectivity index (χ3n) is 5.97. The van der Waals surface area contributed by atoms with Crippen molar-refractivity contribution in [2.75, 3.05) is 5.33 Å². The van der Waals surface area contributed by atoms with E-state index >= 15 is 0 Å². The number of halogens is 1. The van der Waals surface area contributed by atoms with Gasteiger partial charge in [0.25, 0.3) is 0 Å². The number of esters is 1. The van der Waals surface area contributed by atoms with Gasteiger partial charge in [0.05, 0.1) is 11.8 Å². The number of aliphatic hydroxyl groups is 1. The molecular weight excluding hydrogens is 584 g/mol. The number of amides is 2. The highest BCUT2D eigenvalue weighted by molar-refractivity contribution is 9.09. The molecule has 2 aromatic rings. The Morgan fingerprint density at radius 2 is 1.62 bits per heavy atom. The number of nitrogens with zero attached hydrogens (tertiary/aromatic N) is 1. The molecular formula is C29H25BrN2O6S. The van der Waals surface area contributed by atoms with Gasteiger partial charge < -0.3 is 15.2 Å². The van der Waals surface area contributed by atoms with Crippen molar-refractivity contribution in [1.29, 1.82) is 0 Å². The van der Waals surface area contributed by atoms with Crippen molar-refractivity contribution in [1.82, 2.24) is 10.2 Å². The number of thioether (sulfide) groups is 1. The minimum Gasteiger partial charge on any atom is -0.509 e. The number of hydrogen-bond acceptors (Lipinski definition) is 7. The first-order valence-corrected chi connectivity index (χ1v) is 13.9. The molecule has 1 fully saturated rings. The van der Waals surface area contributed by atoms with Crippen molar-refractivity contribution in [3.05, 3.63) is 108 Å². The molecule has 1 unspecified atom stereocenters. The summed E-state index contributed by atoms with van der Waals surface area (Å²) in [5, 5.41) is 12.9. The lowest BCUT2D eigenvalue weighted by Gasteiger charge is -2.50. The molecule has 0 aromatic heterocycles. The summed E-state index contributed by atoms with van der Waals surface area (Å²) in [7, 11) is 0. The van der Waals surface area contributed by atoms with Crippen LogP contribution in [0.2, 0.25) is 0 Å². The molecule has 1 heterocycles. The number of carbonyl (C=O) groups excluding carboxylic acids is 4. The van der Waals surface area contributed by atoms with Crippen molar-refractivity contribution in [3.63, 3.8) is 0 Å². The summed E-state index contributed by atoms with van der Waals surface area (Å²) in [6.07, 6.45) is -1.06. The zero-order valence-electron chi connectivity index (χ0n) is 20.9. The van der Waals surface area contributed by atoms with Gasteiger partial charge in [-0.05, 0) is 40.1 Å². The van der Waals surface area contributed by atoms with E-state index < -0.39 is 40.3 Å². The van der Waals surface area contributed by atoms with E-state index in [2.05, 4.69) is 45.5 Å². The normalized spacial score (nSPS) is 17.2. The van der Waals surface area contributed by atoms with Crippen molar-refractivity contribution in [3.8, 4) is 11.1 Å². The van der Waals surface area contributed by atoms with Crippen LogP contribution in [0.15, 0.2) is 96.4 Å². The third-order valence-corrected chi connectivity index (χ3v) is 7.42. The van der Waals surface area contributed by atoms with Crippen molar-refractivity contribution in [2.24, 2.45) is 0 Å². The van der Waals surface area contributed by atoms with Crippen molar-refractivity contribution in [2.45, 2.75) is 24.4 Å². The fourth-order valence-corrected chi connectivity index (χ4v) is 5.31. The van der Waals surface area contributed by atoms with Gasteiger partial charge in [-0.2, -0.15) is 0 Å². The first-order chi connectivity index (χ1) is 18.8. The SMILES string of the molecule is CC(=O)NC1(SC=O)CC(=O)N1C(C(=O)OC(c1ccccc1)c1ccccc1)=C(O)CBr.c1cc2cc-2c1. The number of benzene rings is 3. The van der Waals surface area contributed by atoms with Crippen LogP contribution in [0.5, 0.6) is 0 Å². The van der Waals surface area contributed by atoms with Gasteiger partial charge in [-0.1, -0.05) is 94.8 Å². The molecule has 1 saturated heterocycles. The number of aliphatic hydroxyl groups excluding tert-OH is 1. The van der Waals surface area contributed by atoms with Gasteiger partial charge in [0.2, 0.25) is 11.8 Å². The molecule has 0 spiro atoms. The van der Waals surface area contributed by atoms with Gasteiger partial charge >= 0.3 is 5.97 Å². The Balaban J connectivity index is 0.000000508. The van der Waals surface area contributed by atoms with Gasteiger partial charge in [-0.15, -0.1) is 0 Å². The lowest BCUT2D eigenvalue weighted by atomic mass is 10.0. The number of rotatable bonds is 9. The molecule has 0 saturated carbocycles. The molecule has 2 aromatic carbocycles. The summed E-state index contributed by atoms with van der Waals surface area (Å²) in [4.78, 5) is 48.4. The van der Waals surface area contributed by atoms with Gasteiger partial charge in [0.15, 0.2) is 22.4 Å². The predicted octanol–water partition coefficient (Wildman–Crippen LogP) is 5.10. The number of carbonyl (C=O) groups is 4. The summed E-state index contributed by atoms with van der Waals surface area (Å²) in [5.74, 6) is -2.54. The van der Waals surface area contributed by atoms with Gasteiger partial charge in [0, 0.05) is 6.92 Å². The van der Waals surface area contributed by atoms with Crippen LogP contribution >= 0.6 is 27.7 Å². The van der Waals surface area contributed by atoms with Gasteiger partial charge in [-0.25, -0.2) is 4.79 Å². The molecule has 8 nitrogen and oxygen atoms in total. The van der Waals surface area contributed by atoms with E-state index in [0.29, 0.717) is 28.5 Å². The highest BCUT2D eigenvalue weighted by atomic mass is 79.9. The van der Waals surface area contributed by atoms with Crippen LogP contribution in [-0.4, -0.2) is 43.7 Å². The van der Waals surface area contributed by atoms with Crippen LogP contribution in [0.25, 0.3) is 11.1 Å². The van der Waals surface area contributed by atoms with Crippen LogP contribution in [-0.2, 0) is 23.9 Å². The summed E-state index contributed by atoms with van der Waals surface area (Å²) in [5.41, 5.74) is 4.22. The van der Waals surface area contributed by atoms with Crippen LogP contribution < -0.4 is 5.32 Å². The Morgan fingerprint density at radius 3 is 2.00 bits per heavy atom. The Kier molecular flexibility index (Phi) is 8.88. The lowest BCUT2D eigenvalue weighted by molar-refractivity contribution is -0.158. The minimum absolute atomic E-state index is 0.162. The van der Waals surface area contributed by atoms with Crippen molar-refractivity contribution < 1.29 is 29.0 Å². The molecule has 5 rings (SSSR count). The predicted molar refractivity (Wildman–Crippen MR) is 152 cm³/mol. The highest BCUT2D eigenvalue weighted by Gasteiger charge is 2.57. The smallest absolute Gasteiger partial charge is 0.359 e. The maximum absolute atomic E-state index is 13.4. The molecule has 0 bridgehead atoms. The number of ether oxygens (including phenoxy) is 1. The fourth-order valence-electron chi connectivity index (χ4n) is 4.18. The monoisotopic (exact) mass is 608 g/mol. The van der Waals surface area contributed by atoms with Crippen LogP contribution in [0.1, 0.15) is 30.6 Å². The van der Waals surface area contributed by atoms with E-state index in [1.807, 2.05) is 12.1 Å². The lowest BCUT2D eigenvalue weighted by Crippen LogP contribution is -2.70. The zero-order valence-corrected chi connectivity index (χ0v) is 23.3. The Morgan fingerprint density at radius 1 is 1.05 bits per heavy atom. The number of likely N-dealkylation sites (tertiary alicyclic amines) is 1. The topological polar surface area (TPSA) is 113 Å². The van der Waals surface area contributed by atoms with E-state index in [1.54, 1.807) is 48.5 Å². The number of nitrogens with one attached hydrogen (secondary N) is 1. The summed E-state index contributed by atoms with van der Waals surface area (Å²) >= 11 is 3.71. The van der Waals surface area contributed by atoms with E-state index in [9.17, 15) is 24.3 Å². The Labute approximate surface area is 238 Å². The molecule has 10 heteroatoms. The average molecular weight is 609 g/mol. The maximum atomic E-state index is 13.4. The number of alkyl halides is 1. The number of β-lactam (4-membered cyclic amide) rings is 1. The molecule has 2 amide bonds. The molecule has 0 radical (unpaired) electrons. The Hall–Kier alpha value is -3.89. The van der Waals surface area contributed by atoms with Crippen LogP contribution in [0.4, 0.5) is 0 Å². The van der Waals surface area contributed by atoms with Gasteiger partial charge in [0.1, 0.15) is 5.76 Å². The second-order valence-corrected chi connectivity index (χ2v) is 10.4. The van der Waals surface area contributed by atoms with Gasteiger partial charge in [-0.3, -0.25) is 19.3 Å². The maximum Gasteiger partial charge on any atom is 0.359 e. The number of hydrogen-bond donors (Lipinski definition) is 2. The number of allylic oxidation sites excluding steroid dienone is 1. The zero-order chi connectivity index (χ0) is 28.0. The van der Waals surface area contributed by atoms with Crippen LogP contribution in [0.3, 0.4) is 0 Å². The molecule has 3 aliphatic rings. The highest BCUT2D eigenvalue weighted by Crippen LogP contribution is 2.43. The van der Waals surface area contributed by atoms with E-state index in [1.165, 1.54) is 18.1 Å². The summed E-state index contributed by atoms with van der Waals surface area (Å²) in [6, 6.07) is 26.5. The molecule has 1 atom stereocenters. The average Bonchev–Trinajstić information content (AvgIpc) is 3.54. The largest absolute Gasteiger partial charge is 0.509 e. The second kappa shape index (κ2) is 12.3. The van der Waals surface area contributed by atoms with E-state index in [4.69, 9.17) is 4.74 Å². The summed E-state index contributed by atoms with van der Waals surface area (Å²) < 4.78 is 5.81. The third kappa shape index (κ3) is 6.40. The molecule has 200 valence electrons. The molecule has 2 N–H and O–H groups in total. The standard InChI is InChI=1S/C23H21BrN2O6S.C6H4/c1-15(28)25-23(33-14-27)12-19(30)26(23)20(18(29)13-24)22(31)32-21(16-8-4-2-5-9-16)17-10-6-3-7-11-17;1-2-5-4-6(5)3-1/h2-11,14,21,29H,12-13H2,1H3,(H,25,28);1-4H. The Bertz CT molecular complexity index is 1350. The van der Waals surface area contributed by atoms with Crippen molar-refractivity contribution >= 4 is 51.1 Å². The first-order valence-electron chi connectivity index (χ1n) is 11.9.